The Hall–Kier alpha value is -3.43. The fourth-order valence-electron chi connectivity index (χ4n) is 3.63. The predicted molar refractivity (Wildman–Crippen MR) is 120 cm³/mol. The molecule has 2 N–H and O–H groups in total. The lowest BCUT2D eigenvalue weighted by atomic mass is 10.2. The van der Waals surface area contributed by atoms with Crippen molar-refractivity contribution < 1.29 is 8.78 Å². The van der Waals surface area contributed by atoms with Crippen LogP contribution in [0.4, 0.5) is 26.1 Å². The summed E-state index contributed by atoms with van der Waals surface area (Å²) in [6.45, 7) is 3.26. The van der Waals surface area contributed by atoms with Crippen molar-refractivity contribution in [2.75, 3.05) is 36.4 Å². The van der Waals surface area contributed by atoms with Gasteiger partial charge in [0.15, 0.2) is 5.82 Å². The fourth-order valence-corrected chi connectivity index (χ4v) is 3.87. The Kier molecular flexibility index (Phi) is 5.50. The second-order valence-corrected chi connectivity index (χ2v) is 7.71. The zero-order chi connectivity index (χ0) is 22.1. The first-order valence-electron chi connectivity index (χ1n) is 10.0. The van der Waals surface area contributed by atoms with E-state index in [-0.39, 0.29) is 5.69 Å². The molecule has 4 aromatic rings. The average molecular weight is 454 g/mol. The molecule has 1 aromatic carbocycles. The summed E-state index contributed by atoms with van der Waals surface area (Å²) in [6.07, 6.45) is 4.82. The molecule has 0 unspecified atom stereocenters. The maximum Gasteiger partial charge on any atom is 0.162 e. The van der Waals surface area contributed by atoms with Crippen molar-refractivity contribution in [3.8, 4) is 11.4 Å². The van der Waals surface area contributed by atoms with Crippen LogP contribution in [0.2, 0.25) is 5.02 Å². The summed E-state index contributed by atoms with van der Waals surface area (Å²) in [4.78, 5) is 20.1. The molecule has 0 atom stereocenters. The number of pyridine rings is 2. The van der Waals surface area contributed by atoms with Crippen molar-refractivity contribution in [3.05, 3.63) is 65.6 Å². The number of benzene rings is 1. The number of hydrogen-bond acceptors (Lipinski definition) is 7. The third kappa shape index (κ3) is 4.04. The van der Waals surface area contributed by atoms with Crippen LogP contribution >= 0.6 is 11.6 Å². The van der Waals surface area contributed by atoms with Crippen molar-refractivity contribution in [1.82, 2.24) is 25.3 Å². The van der Waals surface area contributed by atoms with Gasteiger partial charge in [-0.05, 0) is 24.3 Å². The number of rotatable bonds is 4. The van der Waals surface area contributed by atoms with Gasteiger partial charge in [-0.1, -0.05) is 11.6 Å². The van der Waals surface area contributed by atoms with Crippen LogP contribution in [0.5, 0.6) is 0 Å². The van der Waals surface area contributed by atoms with Crippen LogP contribution < -0.4 is 15.5 Å². The van der Waals surface area contributed by atoms with Gasteiger partial charge in [-0.3, -0.25) is 4.98 Å². The Balaban J connectivity index is 1.56. The molecule has 0 amide bonds. The molecule has 3 aromatic heterocycles. The molecular formula is C22H18ClF2N7. The molecule has 10 heteroatoms. The van der Waals surface area contributed by atoms with E-state index in [4.69, 9.17) is 16.6 Å². The van der Waals surface area contributed by atoms with Gasteiger partial charge in [0.25, 0.3) is 0 Å². The van der Waals surface area contributed by atoms with Gasteiger partial charge >= 0.3 is 0 Å². The van der Waals surface area contributed by atoms with E-state index in [1.807, 2.05) is 0 Å². The third-order valence-electron chi connectivity index (χ3n) is 5.17. The van der Waals surface area contributed by atoms with E-state index in [1.54, 1.807) is 30.7 Å². The molecule has 1 aliphatic heterocycles. The maximum absolute atomic E-state index is 14.0. The number of nitrogens with zero attached hydrogens (tertiary/aromatic N) is 5. The van der Waals surface area contributed by atoms with Crippen molar-refractivity contribution in [2.45, 2.75) is 0 Å². The number of nitrogens with one attached hydrogen (secondary N) is 2. The third-order valence-corrected chi connectivity index (χ3v) is 5.46. The topological polar surface area (TPSA) is 78.9 Å². The number of piperazine rings is 1. The SMILES string of the molecule is Fc1ccc(Nc2cc(-c3nc(N4CCNCC4)c4c(Cl)cncc4n3)ccn2)c(F)c1. The van der Waals surface area contributed by atoms with E-state index < -0.39 is 11.6 Å². The van der Waals surface area contributed by atoms with Gasteiger partial charge in [-0.25, -0.2) is 23.7 Å². The number of fused-ring (bicyclic) bond motifs is 1. The molecule has 1 aliphatic rings. The van der Waals surface area contributed by atoms with Crippen molar-refractivity contribution >= 4 is 39.8 Å². The standard InChI is InChI=1S/C22H18ClF2N7/c23-15-11-27-12-18-20(15)22(32-7-5-26-6-8-32)31-21(30-18)13-3-4-28-19(9-13)29-17-2-1-14(24)10-16(17)25/h1-4,9-12,26H,5-8H2,(H,28,29). The van der Waals surface area contributed by atoms with Gasteiger partial charge in [-0.2, -0.15) is 0 Å². The minimum absolute atomic E-state index is 0.118. The lowest BCUT2D eigenvalue weighted by Crippen LogP contribution is -2.44. The zero-order valence-electron chi connectivity index (χ0n) is 16.8. The second-order valence-electron chi connectivity index (χ2n) is 7.30. The number of hydrogen-bond donors (Lipinski definition) is 2. The molecule has 4 heterocycles. The highest BCUT2D eigenvalue weighted by molar-refractivity contribution is 6.36. The van der Waals surface area contributed by atoms with Gasteiger partial charge in [-0.15, -0.1) is 0 Å². The van der Waals surface area contributed by atoms with Crippen LogP contribution in [0, 0.1) is 11.6 Å². The van der Waals surface area contributed by atoms with Gasteiger partial charge < -0.3 is 15.5 Å². The van der Waals surface area contributed by atoms with E-state index in [1.165, 1.54) is 12.1 Å². The van der Waals surface area contributed by atoms with E-state index in [0.717, 1.165) is 43.4 Å². The van der Waals surface area contributed by atoms with E-state index >= 15 is 0 Å². The molecule has 1 saturated heterocycles. The first kappa shape index (κ1) is 20.5. The second kappa shape index (κ2) is 8.60. The minimum atomic E-state index is -0.708. The molecule has 162 valence electrons. The smallest absolute Gasteiger partial charge is 0.162 e. The lowest BCUT2D eigenvalue weighted by Gasteiger charge is -2.29. The Bertz CT molecular complexity index is 1290. The van der Waals surface area contributed by atoms with Crippen molar-refractivity contribution in [1.29, 1.82) is 0 Å². The zero-order valence-corrected chi connectivity index (χ0v) is 17.6. The summed E-state index contributed by atoms with van der Waals surface area (Å²) >= 11 is 6.45. The van der Waals surface area contributed by atoms with Gasteiger partial charge in [0, 0.05) is 50.2 Å². The number of halogens is 3. The Morgan fingerprint density at radius 3 is 2.69 bits per heavy atom. The summed E-state index contributed by atoms with van der Waals surface area (Å²) in [5.41, 5.74) is 1.43. The minimum Gasteiger partial charge on any atom is -0.353 e. The number of aromatic nitrogens is 4. The molecule has 32 heavy (non-hydrogen) atoms. The Labute approximate surface area is 187 Å². The Morgan fingerprint density at radius 2 is 1.88 bits per heavy atom. The monoisotopic (exact) mass is 453 g/mol. The first-order chi connectivity index (χ1) is 15.6. The first-order valence-corrected chi connectivity index (χ1v) is 10.4. The summed E-state index contributed by atoms with van der Waals surface area (Å²) in [5, 5.41) is 7.45. The van der Waals surface area contributed by atoms with E-state index in [9.17, 15) is 8.78 Å². The van der Waals surface area contributed by atoms with Crippen LogP contribution in [0.3, 0.4) is 0 Å². The highest BCUT2D eigenvalue weighted by Gasteiger charge is 2.20. The summed E-state index contributed by atoms with van der Waals surface area (Å²) in [5.74, 6) is 0.243. The molecule has 0 aliphatic carbocycles. The van der Waals surface area contributed by atoms with Crippen LogP contribution in [-0.4, -0.2) is 46.1 Å². The normalized spacial score (nSPS) is 14.0. The molecule has 0 bridgehead atoms. The van der Waals surface area contributed by atoms with Crippen LogP contribution in [0.15, 0.2) is 48.9 Å². The average Bonchev–Trinajstić information content (AvgIpc) is 2.81. The number of anilines is 3. The fraction of sp³-hybridized carbons (Fsp3) is 0.182. The molecule has 7 nitrogen and oxygen atoms in total. The van der Waals surface area contributed by atoms with Crippen LogP contribution in [0.1, 0.15) is 0 Å². The van der Waals surface area contributed by atoms with Crippen LogP contribution in [0.25, 0.3) is 22.3 Å². The quantitative estimate of drug-likeness (QED) is 0.480. The highest BCUT2D eigenvalue weighted by Crippen LogP contribution is 2.33. The molecule has 5 rings (SSSR count). The van der Waals surface area contributed by atoms with E-state index in [2.05, 4.69) is 30.5 Å². The van der Waals surface area contributed by atoms with Crippen molar-refractivity contribution in [3.63, 3.8) is 0 Å². The van der Waals surface area contributed by atoms with E-state index in [0.29, 0.717) is 27.7 Å². The molecule has 1 fully saturated rings. The van der Waals surface area contributed by atoms with Gasteiger partial charge in [0.05, 0.1) is 27.8 Å². The summed E-state index contributed by atoms with van der Waals surface area (Å²) in [6, 6.07) is 6.80. The van der Waals surface area contributed by atoms with Gasteiger partial charge in [0.2, 0.25) is 0 Å². The molecular weight excluding hydrogens is 436 g/mol. The van der Waals surface area contributed by atoms with Gasteiger partial charge in [0.1, 0.15) is 23.3 Å². The Morgan fingerprint density at radius 1 is 1.03 bits per heavy atom. The molecule has 0 spiro atoms. The summed E-state index contributed by atoms with van der Waals surface area (Å²) in [7, 11) is 0. The lowest BCUT2D eigenvalue weighted by molar-refractivity contribution is 0.586. The maximum atomic E-state index is 14.0. The predicted octanol–water partition coefficient (Wildman–Crippen LogP) is 4.17. The van der Waals surface area contributed by atoms with Crippen molar-refractivity contribution in [2.24, 2.45) is 0 Å². The summed E-state index contributed by atoms with van der Waals surface area (Å²) < 4.78 is 27.2. The highest BCUT2D eigenvalue weighted by atomic mass is 35.5. The van der Waals surface area contributed by atoms with Crippen LogP contribution in [-0.2, 0) is 0 Å². The molecule has 0 saturated carbocycles. The largest absolute Gasteiger partial charge is 0.353 e. The molecule has 0 radical (unpaired) electrons.